The van der Waals surface area contributed by atoms with E-state index in [1.807, 2.05) is 0 Å². The van der Waals surface area contributed by atoms with Gasteiger partial charge in [-0.3, -0.25) is 9.78 Å². The van der Waals surface area contributed by atoms with Crippen LogP contribution in [-0.2, 0) is 21.1 Å². The molecule has 0 radical (unpaired) electrons. The van der Waals surface area contributed by atoms with E-state index in [0.29, 0.717) is 6.42 Å². The van der Waals surface area contributed by atoms with Crippen LogP contribution >= 0.6 is 0 Å². The van der Waals surface area contributed by atoms with Crippen LogP contribution in [0.4, 0.5) is 0 Å². The predicted molar refractivity (Wildman–Crippen MR) is 63.1 cm³/mol. The van der Waals surface area contributed by atoms with Crippen LogP contribution in [0.2, 0.25) is 0 Å². The average Bonchev–Trinajstić information content (AvgIpc) is 2.59. The molecule has 0 saturated carbocycles. The van der Waals surface area contributed by atoms with E-state index in [4.69, 9.17) is 0 Å². The summed E-state index contributed by atoms with van der Waals surface area (Å²) in [5.41, 5.74) is 0.873. The summed E-state index contributed by atoms with van der Waals surface area (Å²) in [5, 5.41) is 2.74. The minimum Gasteiger partial charge on any atom is -0.352 e. The zero-order chi connectivity index (χ0) is 12.3. The van der Waals surface area contributed by atoms with Crippen LogP contribution in [0.5, 0.6) is 0 Å². The van der Waals surface area contributed by atoms with Crippen molar-refractivity contribution >= 4 is 15.7 Å². The van der Waals surface area contributed by atoms with Crippen molar-refractivity contribution in [3.8, 4) is 0 Å². The van der Waals surface area contributed by atoms with Gasteiger partial charge in [-0.15, -0.1) is 0 Å². The maximum absolute atomic E-state index is 11.7. The van der Waals surface area contributed by atoms with E-state index in [9.17, 15) is 13.2 Å². The number of hydrogen-bond acceptors (Lipinski definition) is 4. The molecule has 2 rings (SSSR count). The molecule has 1 aromatic heterocycles. The second-order valence-electron chi connectivity index (χ2n) is 4.20. The highest BCUT2D eigenvalue weighted by atomic mass is 32.2. The summed E-state index contributed by atoms with van der Waals surface area (Å²) in [6, 6.07) is 3.31. The molecule has 1 unspecified atom stereocenters. The van der Waals surface area contributed by atoms with Crippen LogP contribution in [0.25, 0.3) is 0 Å². The highest BCUT2D eigenvalue weighted by Gasteiger charge is 2.28. The summed E-state index contributed by atoms with van der Waals surface area (Å²) in [7, 11) is -2.94. The van der Waals surface area contributed by atoms with Crippen molar-refractivity contribution in [3.63, 3.8) is 0 Å². The molecule has 1 fully saturated rings. The lowest BCUT2D eigenvalue weighted by molar-refractivity contribution is -0.120. The van der Waals surface area contributed by atoms with Crippen molar-refractivity contribution in [1.82, 2.24) is 10.3 Å². The van der Waals surface area contributed by atoms with Crippen molar-refractivity contribution in [2.24, 2.45) is 0 Å². The van der Waals surface area contributed by atoms with Gasteiger partial charge in [0.15, 0.2) is 9.84 Å². The molecular formula is C11H14N2O3S. The van der Waals surface area contributed by atoms with Gasteiger partial charge in [0.05, 0.1) is 17.9 Å². The molecule has 0 spiro atoms. The number of hydrogen-bond donors (Lipinski definition) is 1. The van der Waals surface area contributed by atoms with E-state index in [2.05, 4.69) is 10.3 Å². The van der Waals surface area contributed by atoms with Gasteiger partial charge in [0.2, 0.25) is 5.91 Å². The summed E-state index contributed by atoms with van der Waals surface area (Å²) >= 11 is 0. The number of aromatic nitrogens is 1. The van der Waals surface area contributed by atoms with E-state index in [0.717, 1.165) is 5.56 Å². The molecule has 1 aromatic rings. The predicted octanol–water partition coefficient (Wildman–Crippen LogP) is -0.0726. The van der Waals surface area contributed by atoms with Crippen LogP contribution in [0.1, 0.15) is 12.0 Å². The summed E-state index contributed by atoms with van der Waals surface area (Å²) in [5.74, 6) is 0.0979. The Bertz CT molecular complexity index is 499. The van der Waals surface area contributed by atoms with Crippen molar-refractivity contribution in [2.75, 3.05) is 11.5 Å². The molecule has 0 aromatic carbocycles. The Morgan fingerprint density at radius 1 is 1.41 bits per heavy atom. The lowest BCUT2D eigenvalue weighted by Gasteiger charge is -2.10. The largest absolute Gasteiger partial charge is 0.352 e. The fourth-order valence-corrected chi connectivity index (χ4v) is 3.55. The minimum atomic E-state index is -2.94. The molecule has 1 amide bonds. The number of rotatable bonds is 3. The first-order valence-electron chi connectivity index (χ1n) is 5.44. The molecule has 0 aliphatic carbocycles. The molecule has 1 saturated heterocycles. The van der Waals surface area contributed by atoms with Crippen LogP contribution in [0.15, 0.2) is 24.5 Å². The zero-order valence-electron chi connectivity index (χ0n) is 9.30. The minimum absolute atomic E-state index is 0.0646. The maximum atomic E-state index is 11.7. The van der Waals surface area contributed by atoms with Crippen molar-refractivity contribution in [1.29, 1.82) is 0 Å². The summed E-state index contributed by atoms with van der Waals surface area (Å²) < 4.78 is 22.4. The number of sulfone groups is 1. The Morgan fingerprint density at radius 3 is 2.71 bits per heavy atom. The smallest absolute Gasteiger partial charge is 0.224 e. The molecule has 2 heterocycles. The third kappa shape index (κ3) is 3.52. The van der Waals surface area contributed by atoms with Crippen LogP contribution in [0, 0.1) is 0 Å². The molecular weight excluding hydrogens is 240 g/mol. The van der Waals surface area contributed by atoms with E-state index in [1.165, 1.54) is 0 Å². The lowest BCUT2D eigenvalue weighted by Crippen LogP contribution is -2.36. The Labute approximate surface area is 100 Å². The number of amides is 1. The van der Waals surface area contributed by atoms with Gasteiger partial charge in [0.25, 0.3) is 0 Å². The highest BCUT2D eigenvalue weighted by Crippen LogP contribution is 2.11. The molecule has 6 heteroatoms. The number of nitrogens with one attached hydrogen (secondary N) is 1. The van der Waals surface area contributed by atoms with E-state index in [-0.39, 0.29) is 29.9 Å². The second kappa shape index (κ2) is 4.83. The Balaban J connectivity index is 1.87. The van der Waals surface area contributed by atoms with E-state index < -0.39 is 9.84 Å². The molecule has 1 atom stereocenters. The van der Waals surface area contributed by atoms with Gasteiger partial charge in [-0.1, -0.05) is 0 Å². The first-order valence-corrected chi connectivity index (χ1v) is 7.26. The standard InChI is InChI=1S/C11H14N2O3S/c14-11(7-9-1-4-12-5-2-9)13-10-3-6-17(15,16)8-10/h1-2,4-5,10H,3,6-8H2,(H,13,14). The van der Waals surface area contributed by atoms with Crippen LogP contribution in [-0.4, -0.2) is 36.9 Å². The van der Waals surface area contributed by atoms with Gasteiger partial charge in [-0.25, -0.2) is 8.42 Å². The number of carbonyl (C=O) groups excluding carboxylic acids is 1. The average molecular weight is 254 g/mol. The third-order valence-electron chi connectivity index (χ3n) is 2.71. The summed E-state index contributed by atoms with van der Waals surface area (Å²) in [6.07, 6.45) is 4.04. The first-order chi connectivity index (χ1) is 8.05. The monoisotopic (exact) mass is 254 g/mol. The summed E-state index contributed by atoms with van der Waals surface area (Å²) in [4.78, 5) is 15.5. The summed E-state index contributed by atoms with van der Waals surface area (Å²) in [6.45, 7) is 0. The number of nitrogens with zero attached hydrogens (tertiary/aromatic N) is 1. The van der Waals surface area contributed by atoms with Crippen molar-refractivity contribution < 1.29 is 13.2 Å². The van der Waals surface area contributed by atoms with E-state index >= 15 is 0 Å². The lowest BCUT2D eigenvalue weighted by atomic mass is 10.2. The fourth-order valence-electron chi connectivity index (χ4n) is 1.87. The molecule has 1 N–H and O–H groups in total. The van der Waals surface area contributed by atoms with Crippen molar-refractivity contribution in [3.05, 3.63) is 30.1 Å². The Kier molecular flexibility index (Phi) is 3.42. The topological polar surface area (TPSA) is 76.1 Å². The maximum Gasteiger partial charge on any atom is 0.224 e. The van der Waals surface area contributed by atoms with E-state index in [1.54, 1.807) is 24.5 Å². The molecule has 1 aliphatic rings. The second-order valence-corrected chi connectivity index (χ2v) is 6.43. The van der Waals surface area contributed by atoms with Crippen LogP contribution in [0.3, 0.4) is 0 Å². The van der Waals surface area contributed by atoms with Gasteiger partial charge in [0, 0.05) is 18.4 Å². The Morgan fingerprint density at radius 2 is 2.12 bits per heavy atom. The quantitative estimate of drug-likeness (QED) is 0.819. The van der Waals surface area contributed by atoms with Gasteiger partial charge >= 0.3 is 0 Å². The molecule has 17 heavy (non-hydrogen) atoms. The van der Waals surface area contributed by atoms with Gasteiger partial charge in [-0.2, -0.15) is 0 Å². The molecule has 5 nitrogen and oxygen atoms in total. The van der Waals surface area contributed by atoms with Gasteiger partial charge in [-0.05, 0) is 24.1 Å². The van der Waals surface area contributed by atoms with Gasteiger partial charge in [0.1, 0.15) is 0 Å². The number of carbonyl (C=O) groups is 1. The molecule has 0 bridgehead atoms. The molecule has 1 aliphatic heterocycles. The number of pyridine rings is 1. The van der Waals surface area contributed by atoms with Gasteiger partial charge < -0.3 is 5.32 Å². The van der Waals surface area contributed by atoms with Crippen molar-refractivity contribution in [2.45, 2.75) is 18.9 Å². The normalized spacial score (nSPS) is 22.2. The Hall–Kier alpha value is -1.43. The third-order valence-corrected chi connectivity index (χ3v) is 4.48. The molecule has 92 valence electrons. The first kappa shape index (κ1) is 12.0. The highest BCUT2D eigenvalue weighted by molar-refractivity contribution is 7.91. The SMILES string of the molecule is O=C(Cc1ccncc1)NC1CCS(=O)(=O)C1. The van der Waals surface area contributed by atoms with Crippen LogP contribution < -0.4 is 5.32 Å². The fraction of sp³-hybridized carbons (Fsp3) is 0.455. The zero-order valence-corrected chi connectivity index (χ0v) is 10.1.